The summed E-state index contributed by atoms with van der Waals surface area (Å²) < 4.78 is 5.38. The zero-order chi connectivity index (χ0) is 15.4. The summed E-state index contributed by atoms with van der Waals surface area (Å²) in [6, 6.07) is 8.68. The van der Waals surface area contributed by atoms with Crippen LogP contribution in [0.4, 0.5) is 5.69 Å². The molecule has 2 rings (SSSR count). The molecule has 7 heteroatoms. The van der Waals surface area contributed by atoms with Crippen LogP contribution in [0.1, 0.15) is 22.8 Å². The average molecular weight is 283 g/mol. The maximum Gasteiger partial charge on any atom is 0.312 e. The Kier molecular flexibility index (Phi) is 3.90. The number of carbonyl (C=O) groups is 1. The lowest BCUT2D eigenvalue weighted by atomic mass is 10.2. The fraction of sp³-hybridized carbons (Fsp3) is 0.0714. The number of nitrogens with zero attached hydrogens (tertiary/aromatic N) is 3. The van der Waals surface area contributed by atoms with Crippen LogP contribution in [0.25, 0.3) is 0 Å². The van der Waals surface area contributed by atoms with Crippen LogP contribution in [-0.4, -0.2) is 15.7 Å². The van der Waals surface area contributed by atoms with E-state index in [4.69, 9.17) is 10.00 Å². The maximum absolute atomic E-state index is 11.5. The zero-order valence-corrected chi connectivity index (χ0v) is 10.9. The Morgan fingerprint density at radius 2 is 2.19 bits per heavy atom. The highest BCUT2D eigenvalue weighted by molar-refractivity contribution is 5.96. The minimum atomic E-state index is -0.660. The van der Waals surface area contributed by atoms with Gasteiger partial charge in [0.05, 0.1) is 22.1 Å². The minimum absolute atomic E-state index is 0.0159. The zero-order valence-electron chi connectivity index (χ0n) is 10.9. The number of hydrogen-bond donors (Lipinski definition) is 0. The summed E-state index contributed by atoms with van der Waals surface area (Å²) >= 11 is 0. The van der Waals surface area contributed by atoms with Crippen molar-refractivity contribution in [1.29, 1.82) is 5.26 Å². The summed E-state index contributed by atoms with van der Waals surface area (Å²) in [4.78, 5) is 25.8. The molecule has 0 fully saturated rings. The monoisotopic (exact) mass is 283 g/mol. The van der Waals surface area contributed by atoms with Crippen molar-refractivity contribution in [3.05, 3.63) is 57.8 Å². The highest BCUT2D eigenvalue weighted by Crippen LogP contribution is 2.32. The van der Waals surface area contributed by atoms with Gasteiger partial charge >= 0.3 is 5.69 Å². The van der Waals surface area contributed by atoms with Crippen molar-refractivity contribution in [2.45, 2.75) is 6.92 Å². The van der Waals surface area contributed by atoms with Crippen LogP contribution >= 0.6 is 0 Å². The van der Waals surface area contributed by atoms with E-state index in [0.717, 1.165) is 6.07 Å². The normalized spacial score (nSPS) is 9.71. The first kappa shape index (κ1) is 14.1. The van der Waals surface area contributed by atoms with Crippen molar-refractivity contribution in [2.75, 3.05) is 0 Å². The van der Waals surface area contributed by atoms with Gasteiger partial charge in [-0.15, -0.1) is 0 Å². The topological polar surface area (TPSA) is 106 Å². The maximum atomic E-state index is 11.5. The number of ether oxygens (including phenoxy) is 1. The first-order valence-corrected chi connectivity index (χ1v) is 5.85. The summed E-state index contributed by atoms with van der Waals surface area (Å²) in [6.07, 6.45) is 1.41. The molecule has 0 aliphatic rings. The SMILES string of the molecule is CC(=O)c1cccnc1Oc1ccc(C#N)cc1[N+](=O)[O-]. The molecule has 0 bridgehead atoms. The number of nitro groups is 1. The average Bonchev–Trinajstić information content (AvgIpc) is 2.47. The lowest BCUT2D eigenvalue weighted by Crippen LogP contribution is -2.01. The molecule has 0 amide bonds. The summed E-state index contributed by atoms with van der Waals surface area (Å²) in [7, 11) is 0. The van der Waals surface area contributed by atoms with Gasteiger partial charge in [0.1, 0.15) is 0 Å². The Balaban J connectivity index is 2.48. The van der Waals surface area contributed by atoms with E-state index in [1.54, 1.807) is 6.07 Å². The van der Waals surface area contributed by atoms with Crippen LogP contribution < -0.4 is 4.74 Å². The van der Waals surface area contributed by atoms with Crippen molar-refractivity contribution in [3.8, 4) is 17.7 Å². The third kappa shape index (κ3) is 3.01. The molecule has 7 nitrogen and oxygen atoms in total. The van der Waals surface area contributed by atoms with Crippen molar-refractivity contribution in [1.82, 2.24) is 4.98 Å². The van der Waals surface area contributed by atoms with Gasteiger partial charge in [-0.05, 0) is 31.2 Å². The fourth-order valence-electron chi connectivity index (χ4n) is 1.66. The standard InChI is InChI=1S/C14H9N3O4/c1-9(18)11-3-2-6-16-14(11)21-13-5-4-10(8-15)7-12(13)17(19)20/h2-7H,1H3. The molecule has 21 heavy (non-hydrogen) atoms. The van der Waals surface area contributed by atoms with Crippen LogP contribution in [-0.2, 0) is 0 Å². The second kappa shape index (κ2) is 5.79. The lowest BCUT2D eigenvalue weighted by Gasteiger charge is -2.08. The molecule has 0 N–H and O–H groups in total. The third-order valence-electron chi connectivity index (χ3n) is 2.64. The van der Waals surface area contributed by atoms with E-state index in [2.05, 4.69) is 4.98 Å². The van der Waals surface area contributed by atoms with Crippen LogP contribution in [0.2, 0.25) is 0 Å². The van der Waals surface area contributed by atoms with E-state index in [1.807, 2.05) is 6.07 Å². The molecule has 1 heterocycles. The second-order valence-electron chi connectivity index (χ2n) is 4.07. The molecule has 0 unspecified atom stereocenters. The van der Waals surface area contributed by atoms with E-state index < -0.39 is 4.92 Å². The van der Waals surface area contributed by atoms with Crippen molar-refractivity contribution in [2.24, 2.45) is 0 Å². The molecular formula is C14H9N3O4. The van der Waals surface area contributed by atoms with Crippen molar-refractivity contribution >= 4 is 11.5 Å². The van der Waals surface area contributed by atoms with Gasteiger partial charge in [-0.3, -0.25) is 14.9 Å². The molecular weight excluding hydrogens is 274 g/mol. The summed E-state index contributed by atoms with van der Waals surface area (Å²) in [6.45, 7) is 1.34. The number of Topliss-reactive ketones (excluding diaryl/α,β-unsaturated/α-hetero) is 1. The van der Waals surface area contributed by atoms with Crippen LogP contribution in [0.3, 0.4) is 0 Å². The van der Waals surface area contributed by atoms with Gasteiger partial charge in [-0.2, -0.15) is 5.26 Å². The number of hydrogen-bond acceptors (Lipinski definition) is 6. The Morgan fingerprint density at radius 3 is 2.81 bits per heavy atom. The van der Waals surface area contributed by atoms with E-state index in [-0.39, 0.29) is 34.2 Å². The predicted molar refractivity (Wildman–Crippen MR) is 72.1 cm³/mol. The minimum Gasteiger partial charge on any atom is -0.431 e. The van der Waals surface area contributed by atoms with Gasteiger partial charge in [0.25, 0.3) is 0 Å². The molecule has 0 saturated carbocycles. The van der Waals surface area contributed by atoms with Gasteiger partial charge < -0.3 is 4.74 Å². The Morgan fingerprint density at radius 1 is 1.43 bits per heavy atom. The van der Waals surface area contributed by atoms with Crippen molar-refractivity contribution < 1.29 is 14.5 Å². The van der Waals surface area contributed by atoms with Gasteiger partial charge in [0.2, 0.25) is 11.6 Å². The molecule has 0 aliphatic carbocycles. The van der Waals surface area contributed by atoms with Crippen LogP contribution in [0, 0.1) is 21.4 Å². The molecule has 0 radical (unpaired) electrons. The molecule has 0 aliphatic heterocycles. The second-order valence-corrected chi connectivity index (χ2v) is 4.07. The number of rotatable bonds is 4. The highest BCUT2D eigenvalue weighted by atomic mass is 16.6. The first-order valence-electron chi connectivity index (χ1n) is 5.85. The number of carbonyl (C=O) groups excluding carboxylic acids is 1. The van der Waals surface area contributed by atoms with Crippen molar-refractivity contribution in [3.63, 3.8) is 0 Å². The van der Waals surface area contributed by atoms with E-state index in [1.165, 1.54) is 31.3 Å². The smallest absolute Gasteiger partial charge is 0.312 e. The summed E-state index contributed by atoms with van der Waals surface area (Å²) in [5.41, 5.74) is -0.00720. The highest BCUT2D eigenvalue weighted by Gasteiger charge is 2.19. The van der Waals surface area contributed by atoms with Crippen LogP contribution in [0.5, 0.6) is 11.6 Å². The number of pyridine rings is 1. The molecule has 0 atom stereocenters. The number of nitriles is 1. The molecule has 1 aromatic heterocycles. The van der Waals surface area contributed by atoms with Gasteiger partial charge in [0, 0.05) is 12.3 Å². The molecule has 0 saturated heterocycles. The number of ketones is 1. The molecule has 2 aromatic rings. The quantitative estimate of drug-likeness (QED) is 0.485. The third-order valence-corrected chi connectivity index (χ3v) is 2.64. The summed E-state index contributed by atoms with van der Waals surface area (Å²) in [5.74, 6) is -0.368. The molecule has 104 valence electrons. The largest absolute Gasteiger partial charge is 0.431 e. The Bertz CT molecular complexity index is 765. The van der Waals surface area contributed by atoms with E-state index in [0.29, 0.717) is 0 Å². The van der Waals surface area contributed by atoms with Gasteiger partial charge in [-0.25, -0.2) is 4.98 Å². The van der Waals surface area contributed by atoms with E-state index in [9.17, 15) is 14.9 Å². The number of nitro benzene ring substituents is 1. The first-order chi connectivity index (χ1) is 10.0. The summed E-state index contributed by atoms with van der Waals surface area (Å²) in [5, 5.41) is 19.8. The molecule has 1 aromatic carbocycles. The Labute approximate surface area is 119 Å². The van der Waals surface area contributed by atoms with Crippen LogP contribution in [0.15, 0.2) is 36.5 Å². The molecule has 0 spiro atoms. The van der Waals surface area contributed by atoms with E-state index >= 15 is 0 Å². The van der Waals surface area contributed by atoms with Gasteiger partial charge in [-0.1, -0.05) is 0 Å². The fourth-order valence-corrected chi connectivity index (χ4v) is 1.66. The Hall–Kier alpha value is -3.27. The number of benzene rings is 1. The predicted octanol–water partition coefficient (Wildman–Crippen LogP) is 2.86. The number of aromatic nitrogens is 1. The lowest BCUT2D eigenvalue weighted by molar-refractivity contribution is -0.385. The van der Waals surface area contributed by atoms with Gasteiger partial charge in [0.15, 0.2) is 5.78 Å².